The van der Waals surface area contributed by atoms with Crippen molar-refractivity contribution in [1.29, 1.82) is 0 Å². The fraction of sp³-hybridized carbons (Fsp3) is 0.412. The first-order valence-corrected chi connectivity index (χ1v) is 8.67. The highest BCUT2D eigenvalue weighted by molar-refractivity contribution is 5.91. The summed E-state index contributed by atoms with van der Waals surface area (Å²) in [6.45, 7) is 1.87. The summed E-state index contributed by atoms with van der Waals surface area (Å²) in [6, 6.07) is 4.77. The molecule has 13 heteroatoms. The summed E-state index contributed by atoms with van der Waals surface area (Å²) in [5.74, 6) is -1.24. The van der Waals surface area contributed by atoms with Crippen LogP contribution in [0.1, 0.15) is 13.3 Å². The summed E-state index contributed by atoms with van der Waals surface area (Å²) < 4.78 is 52.8. The average molecular weight is 430 g/mol. The van der Waals surface area contributed by atoms with Crippen molar-refractivity contribution < 1.29 is 37.1 Å². The standard InChI is InChI=1S/C17H17F3N4O6/c1-16(6-7-23-8-13(24(26)27)22-15(23)30-16)10-28-9-14(25)21-11-2-4-12(5-3-11)29-17(18,19)20/h2-5,8H,6-7,9-10H2,1H3,(H,21,25). The van der Waals surface area contributed by atoms with E-state index in [0.29, 0.717) is 13.0 Å². The van der Waals surface area contributed by atoms with Crippen LogP contribution in [0.2, 0.25) is 0 Å². The minimum atomic E-state index is -4.79. The second kappa shape index (κ2) is 8.18. The zero-order chi connectivity index (χ0) is 21.9. The average Bonchev–Trinajstić information content (AvgIpc) is 3.05. The zero-order valence-corrected chi connectivity index (χ0v) is 15.6. The number of carbonyl (C=O) groups excluding carboxylic acids is 1. The number of carbonyl (C=O) groups is 1. The second-order valence-corrected chi connectivity index (χ2v) is 6.75. The minimum Gasteiger partial charge on any atom is -0.437 e. The van der Waals surface area contributed by atoms with Gasteiger partial charge in [-0.1, -0.05) is 0 Å². The number of benzene rings is 1. The summed E-state index contributed by atoms with van der Waals surface area (Å²) in [7, 11) is 0. The Labute approximate surface area is 167 Å². The molecule has 1 aliphatic heterocycles. The number of imidazole rings is 1. The van der Waals surface area contributed by atoms with Gasteiger partial charge in [-0.05, 0) is 36.1 Å². The number of halogens is 3. The highest BCUT2D eigenvalue weighted by Gasteiger charge is 2.37. The fourth-order valence-electron chi connectivity index (χ4n) is 2.74. The van der Waals surface area contributed by atoms with Crippen LogP contribution in [0.3, 0.4) is 0 Å². The van der Waals surface area contributed by atoms with Crippen LogP contribution in [-0.4, -0.2) is 45.6 Å². The molecule has 1 atom stereocenters. The van der Waals surface area contributed by atoms with Gasteiger partial charge in [0, 0.05) is 23.6 Å². The first-order valence-electron chi connectivity index (χ1n) is 8.67. The van der Waals surface area contributed by atoms with Gasteiger partial charge in [0.15, 0.2) is 0 Å². The number of amides is 1. The maximum Gasteiger partial charge on any atom is 0.573 e. The summed E-state index contributed by atoms with van der Waals surface area (Å²) in [4.78, 5) is 26.0. The smallest absolute Gasteiger partial charge is 0.437 e. The van der Waals surface area contributed by atoms with Crippen LogP contribution in [0.4, 0.5) is 24.7 Å². The predicted molar refractivity (Wildman–Crippen MR) is 95.1 cm³/mol. The minimum absolute atomic E-state index is 0.0272. The topological polar surface area (TPSA) is 118 Å². The lowest BCUT2D eigenvalue weighted by molar-refractivity contribution is -0.389. The molecule has 1 aromatic carbocycles. The van der Waals surface area contributed by atoms with Crippen LogP contribution >= 0.6 is 0 Å². The maximum absolute atomic E-state index is 12.1. The number of alkyl halides is 3. The van der Waals surface area contributed by atoms with Gasteiger partial charge in [-0.25, -0.2) is 0 Å². The molecule has 30 heavy (non-hydrogen) atoms. The third-order valence-corrected chi connectivity index (χ3v) is 4.15. The van der Waals surface area contributed by atoms with Crippen LogP contribution in [0, 0.1) is 10.1 Å². The van der Waals surface area contributed by atoms with Crippen molar-refractivity contribution in [2.45, 2.75) is 31.9 Å². The molecular formula is C17H17F3N4O6. The monoisotopic (exact) mass is 430 g/mol. The largest absolute Gasteiger partial charge is 0.573 e. The van der Waals surface area contributed by atoms with Gasteiger partial charge in [0.25, 0.3) is 0 Å². The van der Waals surface area contributed by atoms with E-state index < -0.39 is 28.5 Å². The van der Waals surface area contributed by atoms with Crippen LogP contribution in [-0.2, 0) is 16.1 Å². The number of aromatic nitrogens is 2. The number of nitro groups is 1. The Morgan fingerprint density at radius 3 is 2.73 bits per heavy atom. The van der Waals surface area contributed by atoms with E-state index in [4.69, 9.17) is 9.47 Å². The third-order valence-electron chi connectivity index (χ3n) is 4.15. The van der Waals surface area contributed by atoms with Crippen molar-refractivity contribution in [3.05, 3.63) is 40.6 Å². The van der Waals surface area contributed by atoms with Gasteiger partial charge in [0.2, 0.25) is 5.91 Å². The normalized spacial score (nSPS) is 18.3. The van der Waals surface area contributed by atoms with Crippen molar-refractivity contribution in [2.24, 2.45) is 0 Å². The van der Waals surface area contributed by atoms with Gasteiger partial charge in [0.1, 0.15) is 24.2 Å². The molecule has 0 saturated carbocycles. The summed E-state index contributed by atoms with van der Waals surface area (Å²) >= 11 is 0. The zero-order valence-electron chi connectivity index (χ0n) is 15.6. The second-order valence-electron chi connectivity index (χ2n) is 6.75. The molecule has 2 heterocycles. The van der Waals surface area contributed by atoms with Crippen molar-refractivity contribution >= 4 is 17.4 Å². The molecule has 0 spiro atoms. The van der Waals surface area contributed by atoms with Gasteiger partial charge in [0.05, 0.1) is 6.61 Å². The van der Waals surface area contributed by atoms with E-state index in [9.17, 15) is 28.1 Å². The van der Waals surface area contributed by atoms with Crippen molar-refractivity contribution in [3.8, 4) is 11.8 Å². The lowest BCUT2D eigenvalue weighted by Crippen LogP contribution is -2.43. The number of nitrogens with zero attached hydrogens (tertiary/aromatic N) is 3. The highest BCUT2D eigenvalue weighted by atomic mass is 19.4. The van der Waals surface area contributed by atoms with Crippen LogP contribution in [0.15, 0.2) is 30.5 Å². The molecule has 0 bridgehead atoms. The molecule has 1 aromatic heterocycles. The molecule has 10 nitrogen and oxygen atoms in total. The summed E-state index contributed by atoms with van der Waals surface area (Å²) in [5, 5.41) is 13.3. The van der Waals surface area contributed by atoms with E-state index in [-0.39, 0.29) is 30.7 Å². The van der Waals surface area contributed by atoms with Gasteiger partial charge in [-0.15, -0.1) is 13.2 Å². The number of ether oxygens (including phenoxy) is 3. The Morgan fingerprint density at radius 2 is 2.10 bits per heavy atom. The molecule has 0 aliphatic carbocycles. The quantitative estimate of drug-likeness (QED) is 0.530. The van der Waals surface area contributed by atoms with E-state index in [2.05, 4.69) is 15.0 Å². The first kappa shape index (κ1) is 21.4. The molecule has 1 amide bonds. The van der Waals surface area contributed by atoms with Crippen molar-refractivity contribution in [3.63, 3.8) is 0 Å². The lowest BCUT2D eigenvalue weighted by atomic mass is 10.0. The van der Waals surface area contributed by atoms with Crippen LogP contribution in [0.25, 0.3) is 0 Å². The lowest BCUT2D eigenvalue weighted by Gasteiger charge is -2.32. The van der Waals surface area contributed by atoms with E-state index in [0.717, 1.165) is 12.1 Å². The highest BCUT2D eigenvalue weighted by Crippen LogP contribution is 2.30. The first-order chi connectivity index (χ1) is 14.0. The van der Waals surface area contributed by atoms with Gasteiger partial charge < -0.3 is 29.6 Å². The molecule has 0 saturated heterocycles. The summed E-state index contributed by atoms with van der Waals surface area (Å²) in [6.07, 6.45) is -3.03. The number of anilines is 1. The molecule has 0 radical (unpaired) electrons. The van der Waals surface area contributed by atoms with Crippen molar-refractivity contribution in [1.82, 2.24) is 9.55 Å². The Balaban J connectivity index is 1.46. The Kier molecular flexibility index (Phi) is 5.82. The third kappa shape index (κ3) is 5.59. The Hall–Kier alpha value is -3.35. The molecule has 1 unspecified atom stereocenters. The maximum atomic E-state index is 12.1. The molecule has 1 aliphatic rings. The summed E-state index contributed by atoms with van der Waals surface area (Å²) in [5.41, 5.74) is -0.556. The number of hydrogen-bond acceptors (Lipinski definition) is 7. The Bertz CT molecular complexity index is 931. The number of aryl methyl sites for hydroxylation is 1. The Morgan fingerprint density at radius 1 is 1.40 bits per heavy atom. The number of fused-ring (bicyclic) bond motifs is 1. The van der Waals surface area contributed by atoms with Gasteiger partial charge >= 0.3 is 18.2 Å². The van der Waals surface area contributed by atoms with E-state index >= 15 is 0 Å². The SMILES string of the molecule is CC1(COCC(=O)Nc2ccc(OC(F)(F)F)cc2)CCn2cc([N+](=O)[O-])nc2O1. The van der Waals surface area contributed by atoms with E-state index in [1.54, 1.807) is 6.92 Å². The molecule has 1 N–H and O–H groups in total. The molecule has 162 valence electrons. The molecular weight excluding hydrogens is 413 g/mol. The van der Waals surface area contributed by atoms with E-state index in [1.165, 1.54) is 22.9 Å². The molecule has 3 rings (SSSR count). The number of rotatable bonds is 7. The fourth-order valence-corrected chi connectivity index (χ4v) is 2.74. The van der Waals surface area contributed by atoms with E-state index in [1.807, 2.05) is 0 Å². The van der Waals surface area contributed by atoms with Crippen LogP contribution in [0.5, 0.6) is 11.8 Å². The predicted octanol–water partition coefficient (Wildman–Crippen LogP) is 2.89. The molecule has 0 fully saturated rings. The molecule has 2 aromatic rings. The van der Waals surface area contributed by atoms with Gasteiger partial charge in [-0.3, -0.25) is 9.36 Å². The van der Waals surface area contributed by atoms with Crippen LogP contribution < -0.4 is 14.8 Å². The van der Waals surface area contributed by atoms with Crippen molar-refractivity contribution in [2.75, 3.05) is 18.5 Å². The number of hydrogen-bond donors (Lipinski definition) is 1. The number of nitrogens with one attached hydrogen (secondary N) is 1. The van der Waals surface area contributed by atoms with Gasteiger partial charge in [-0.2, -0.15) is 0 Å².